The van der Waals surface area contributed by atoms with Gasteiger partial charge in [0, 0.05) is 16.9 Å². The highest BCUT2D eigenvalue weighted by molar-refractivity contribution is 8.03. The summed E-state index contributed by atoms with van der Waals surface area (Å²) in [6.07, 6.45) is 0. The number of allylic oxidation sites excluding steroid dienone is 2. The molecule has 0 spiro atoms. The quantitative estimate of drug-likeness (QED) is 0.535. The van der Waals surface area contributed by atoms with Crippen molar-refractivity contribution in [3.63, 3.8) is 0 Å². The van der Waals surface area contributed by atoms with Crippen LogP contribution < -0.4 is 15.4 Å². The van der Waals surface area contributed by atoms with Crippen LogP contribution in [0.1, 0.15) is 30.9 Å². The lowest BCUT2D eigenvalue weighted by Crippen LogP contribution is -2.29. The Morgan fingerprint density at radius 3 is 2.62 bits per heavy atom. The molecule has 0 fully saturated rings. The van der Waals surface area contributed by atoms with E-state index < -0.39 is 11.9 Å². The number of esters is 1. The number of carbonyl (C=O) groups excluding carboxylic acids is 2. The number of hydrogen-bond acceptors (Lipinski definition) is 7. The second kappa shape index (κ2) is 11.4. The summed E-state index contributed by atoms with van der Waals surface area (Å²) in [5.41, 5.74) is 3.66. The van der Waals surface area contributed by atoms with E-state index >= 15 is 0 Å². The largest absolute Gasteiger partial charge is 0.494 e. The van der Waals surface area contributed by atoms with Crippen LogP contribution in [-0.2, 0) is 14.3 Å². The zero-order valence-corrected chi connectivity index (χ0v) is 20.4. The Labute approximate surface area is 203 Å². The molecule has 1 amide bonds. The number of dihydropyridines is 1. The number of nitriles is 1. The maximum absolute atomic E-state index is 12.7. The molecule has 1 aliphatic rings. The number of nitrogens with zero attached hydrogens (tertiary/aromatic N) is 1. The van der Waals surface area contributed by atoms with E-state index in [4.69, 9.17) is 9.47 Å². The van der Waals surface area contributed by atoms with E-state index in [1.54, 1.807) is 6.92 Å². The van der Waals surface area contributed by atoms with Crippen LogP contribution in [0.3, 0.4) is 0 Å². The predicted molar refractivity (Wildman–Crippen MR) is 133 cm³/mol. The molecule has 0 aliphatic carbocycles. The Kier molecular flexibility index (Phi) is 8.39. The third kappa shape index (κ3) is 5.61. The SMILES string of the molecule is CCOc1ccccc1[C@@H]1C(C#N)=C(SCC(=O)Nc2cccc(C)c2)NC(C)=C1C(=O)OC. The molecule has 34 heavy (non-hydrogen) atoms. The van der Waals surface area contributed by atoms with Crippen molar-refractivity contribution in [2.75, 3.05) is 24.8 Å². The van der Waals surface area contributed by atoms with Crippen molar-refractivity contribution >= 4 is 29.3 Å². The van der Waals surface area contributed by atoms with E-state index in [1.807, 2.05) is 62.4 Å². The Hall–Kier alpha value is -3.70. The molecule has 0 bridgehead atoms. The summed E-state index contributed by atoms with van der Waals surface area (Å²) < 4.78 is 10.8. The third-order valence-corrected chi connectivity index (χ3v) is 6.25. The summed E-state index contributed by atoms with van der Waals surface area (Å²) >= 11 is 1.21. The van der Waals surface area contributed by atoms with E-state index in [2.05, 4.69) is 16.7 Å². The molecule has 2 N–H and O–H groups in total. The Bertz CT molecular complexity index is 1200. The van der Waals surface area contributed by atoms with Crippen molar-refractivity contribution in [1.29, 1.82) is 5.26 Å². The van der Waals surface area contributed by atoms with Crippen LogP contribution in [0.5, 0.6) is 5.75 Å². The monoisotopic (exact) mass is 477 g/mol. The topological polar surface area (TPSA) is 100 Å². The van der Waals surface area contributed by atoms with Gasteiger partial charge in [0.2, 0.25) is 5.91 Å². The fraction of sp³-hybridized carbons (Fsp3) is 0.269. The first-order valence-electron chi connectivity index (χ1n) is 10.8. The molecular formula is C26H27N3O4S. The Morgan fingerprint density at radius 2 is 1.94 bits per heavy atom. The highest BCUT2D eigenvalue weighted by atomic mass is 32.2. The number of para-hydroxylation sites is 1. The normalized spacial score (nSPS) is 15.3. The molecule has 176 valence electrons. The van der Waals surface area contributed by atoms with Gasteiger partial charge in [0.15, 0.2) is 0 Å². The average Bonchev–Trinajstić information content (AvgIpc) is 2.82. The van der Waals surface area contributed by atoms with Gasteiger partial charge in [-0.1, -0.05) is 42.1 Å². The van der Waals surface area contributed by atoms with Gasteiger partial charge in [0.05, 0.1) is 47.6 Å². The Morgan fingerprint density at radius 1 is 1.18 bits per heavy atom. The van der Waals surface area contributed by atoms with Gasteiger partial charge in [-0.25, -0.2) is 4.79 Å². The molecule has 2 aromatic carbocycles. The number of aryl methyl sites for hydroxylation is 1. The number of benzene rings is 2. The van der Waals surface area contributed by atoms with E-state index in [0.29, 0.717) is 45.5 Å². The number of hydrogen-bond donors (Lipinski definition) is 2. The number of thioether (sulfide) groups is 1. The zero-order valence-electron chi connectivity index (χ0n) is 19.6. The van der Waals surface area contributed by atoms with E-state index in [9.17, 15) is 14.9 Å². The summed E-state index contributed by atoms with van der Waals surface area (Å²) in [6, 6.07) is 17.1. The molecule has 2 aromatic rings. The standard InChI is InChI=1S/C26H27N3O4S/c1-5-33-21-12-7-6-11-19(21)24-20(14-27)25(28-17(3)23(24)26(31)32-4)34-15-22(30)29-18-10-8-9-16(2)13-18/h6-13,24,28H,5,15H2,1-4H3,(H,29,30)/t24-/m1/s1. The fourth-order valence-corrected chi connectivity index (χ4v) is 4.67. The molecule has 3 rings (SSSR count). The van der Waals surface area contributed by atoms with Crippen LogP contribution >= 0.6 is 11.8 Å². The minimum Gasteiger partial charge on any atom is -0.494 e. The maximum Gasteiger partial charge on any atom is 0.336 e. The maximum atomic E-state index is 12.7. The second-order valence-corrected chi connectivity index (χ2v) is 8.61. The van der Waals surface area contributed by atoms with Gasteiger partial charge in [-0.05, 0) is 44.5 Å². The van der Waals surface area contributed by atoms with Gasteiger partial charge >= 0.3 is 5.97 Å². The van der Waals surface area contributed by atoms with Crippen molar-refractivity contribution < 1.29 is 19.1 Å². The summed E-state index contributed by atoms with van der Waals surface area (Å²) in [5, 5.41) is 16.7. The lowest BCUT2D eigenvalue weighted by Gasteiger charge is -2.30. The van der Waals surface area contributed by atoms with Crippen molar-refractivity contribution in [3.8, 4) is 11.8 Å². The number of rotatable bonds is 8. The first-order chi connectivity index (χ1) is 16.4. The molecule has 0 radical (unpaired) electrons. The highest BCUT2D eigenvalue weighted by Gasteiger charge is 2.36. The number of anilines is 1. The third-order valence-electron chi connectivity index (χ3n) is 5.23. The minimum absolute atomic E-state index is 0.0854. The number of methoxy groups -OCH3 is 1. The van der Waals surface area contributed by atoms with E-state index in [1.165, 1.54) is 18.9 Å². The van der Waals surface area contributed by atoms with Gasteiger partial charge in [0.1, 0.15) is 5.75 Å². The molecule has 8 heteroatoms. The number of amides is 1. The first-order valence-corrected chi connectivity index (χ1v) is 11.8. The molecule has 1 aliphatic heterocycles. The number of carbonyl (C=O) groups is 2. The minimum atomic E-state index is -0.691. The number of ether oxygens (including phenoxy) is 2. The van der Waals surface area contributed by atoms with Crippen molar-refractivity contribution in [2.45, 2.75) is 26.7 Å². The molecule has 1 heterocycles. The van der Waals surface area contributed by atoms with Crippen LogP contribution in [0.25, 0.3) is 0 Å². The zero-order chi connectivity index (χ0) is 24.7. The van der Waals surface area contributed by atoms with Crippen LogP contribution in [0.15, 0.2) is 70.4 Å². The lowest BCUT2D eigenvalue weighted by molar-refractivity contribution is -0.136. The second-order valence-electron chi connectivity index (χ2n) is 7.62. The van der Waals surface area contributed by atoms with Crippen LogP contribution in [0.2, 0.25) is 0 Å². The molecule has 7 nitrogen and oxygen atoms in total. The summed E-state index contributed by atoms with van der Waals surface area (Å²) in [7, 11) is 1.31. The summed E-state index contributed by atoms with van der Waals surface area (Å²) in [5.74, 6) is -0.754. The van der Waals surface area contributed by atoms with Crippen LogP contribution in [-0.4, -0.2) is 31.3 Å². The molecule has 1 atom stereocenters. The van der Waals surface area contributed by atoms with Gasteiger partial charge in [-0.2, -0.15) is 5.26 Å². The molecule has 0 saturated heterocycles. The fourth-order valence-electron chi connectivity index (χ4n) is 3.78. The van der Waals surface area contributed by atoms with Crippen LogP contribution in [0, 0.1) is 18.3 Å². The molecule has 0 saturated carbocycles. The van der Waals surface area contributed by atoms with Gasteiger partial charge in [0.25, 0.3) is 0 Å². The summed E-state index contributed by atoms with van der Waals surface area (Å²) in [6.45, 7) is 6.01. The van der Waals surface area contributed by atoms with Crippen molar-refractivity contribution in [2.24, 2.45) is 0 Å². The van der Waals surface area contributed by atoms with E-state index in [0.717, 1.165) is 5.56 Å². The average molecular weight is 478 g/mol. The molecule has 0 aromatic heterocycles. The highest BCUT2D eigenvalue weighted by Crippen LogP contribution is 2.43. The van der Waals surface area contributed by atoms with Gasteiger partial charge < -0.3 is 20.1 Å². The predicted octanol–water partition coefficient (Wildman–Crippen LogP) is 4.63. The summed E-state index contributed by atoms with van der Waals surface area (Å²) in [4.78, 5) is 25.3. The molecule has 0 unspecified atom stereocenters. The molecular weight excluding hydrogens is 450 g/mol. The lowest BCUT2D eigenvalue weighted by atomic mass is 9.82. The van der Waals surface area contributed by atoms with Crippen LogP contribution in [0.4, 0.5) is 5.69 Å². The van der Waals surface area contributed by atoms with Crippen molar-refractivity contribution in [3.05, 3.63) is 81.5 Å². The first kappa shape index (κ1) is 24.9. The smallest absolute Gasteiger partial charge is 0.336 e. The number of nitrogens with one attached hydrogen (secondary N) is 2. The van der Waals surface area contributed by atoms with Gasteiger partial charge in [-0.15, -0.1) is 0 Å². The Balaban J connectivity index is 1.95. The van der Waals surface area contributed by atoms with Gasteiger partial charge in [-0.3, -0.25) is 4.79 Å². The van der Waals surface area contributed by atoms with Crippen molar-refractivity contribution in [1.82, 2.24) is 5.32 Å². The van der Waals surface area contributed by atoms with E-state index in [-0.39, 0.29) is 11.7 Å².